The van der Waals surface area contributed by atoms with E-state index in [-0.39, 0.29) is 23.9 Å². The highest BCUT2D eigenvalue weighted by molar-refractivity contribution is 7.89. The molecule has 0 saturated carbocycles. The van der Waals surface area contributed by atoms with Crippen molar-refractivity contribution >= 4 is 15.9 Å². The highest BCUT2D eigenvalue weighted by Crippen LogP contribution is 2.23. The van der Waals surface area contributed by atoms with Gasteiger partial charge in [0.25, 0.3) is 0 Å². The van der Waals surface area contributed by atoms with Crippen LogP contribution in [0, 0.1) is 12.7 Å². The number of carbonyl (C=O) groups is 1. The lowest BCUT2D eigenvalue weighted by Crippen LogP contribution is -2.47. The molecule has 1 saturated heterocycles. The molecule has 7 nitrogen and oxygen atoms in total. The number of ether oxygens (including phenoxy) is 1. The molecule has 30 heavy (non-hydrogen) atoms. The number of hydrogen-bond acceptors (Lipinski definition) is 5. The number of carbonyl (C=O) groups excluding carboxylic acids is 1. The van der Waals surface area contributed by atoms with Gasteiger partial charge in [0, 0.05) is 26.2 Å². The van der Waals surface area contributed by atoms with E-state index in [0.29, 0.717) is 31.9 Å². The average molecular weight is 436 g/mol. The van der Waals surface area contributed by atoms with Gasteiger partial charge in [-0.25, -0.2) is 17.5 Å². The average Bonchev–Trinajstić information content (AvgIpc) is 2.73. The molecule has 0 aromatic heterocycles. The van der Waals surface area contributed by atoms with Gasteiger partial charge in [0.1, 0.15) is 11.9 Å². The summed E-state index contributed by atoms with van der Waals surface area (Å²) >= 11 is 0. The summed E-state index contributed by atoms with van der Waals surface area (Å²) in [6.07, 6.45) is 0. The molecular formula is C21H26FN3O4S. The van der Waals surface area contributed by atoms with E-state index < -0.39 is 21.9 Å². The minimum atomic E-state index is -3.65. The molecule has 0 bridgehead atoms. The summed E-state index contributed by atoms with van der Waals surface area (Å²) in [7, 11) is -3.65. The summed E-state index contributed by atoms with van der Waals surface area (Å²) in [6.45, 7) is 4.12. The van der Waals surface area contributed by atoms with Gasteiger partial charge in [-0.05, 0) is 36.8 Å². The van der Waals surface area contributed by atoms with E-state index in [9.17, 15) is 17.6 Å². The van der Waals surface area contributed by atoms with E-state index in [4.69, 9.17) is 4.74 Å². The molecule has 1 fully saturated rings. The number of amides is 1. The number of aryl methyl sites for hydroxylation is 1. The van der Waals surface area contributed by atoms with Crippen molar-refractivity contribution < 1.29 is 22.3 Å². The van der Waals surface area contributed by atoms with Crippen molar-refractivity contribution in [1.29, 1.82) is 0 Å². The van der Waals surface area contributed by atoms with Crippen LogP contribution in [-0.4, -0.2) is 58.6 Å². The van der Waals surface area contributed by atoms with E-state index in [0.717, 1.165) is 5.56 Å². The standard InChI is InChI=1S/C21H26FN3O4S/c1-16-5-7-19(8-6-16)30(27,28)24-10-9-23-21(26)20(25-11-13-29-14-12-25)17-3-2-4-18(22)15-17/h2-8,15,20,24H,9-14H2,1H3,(H,23,26)/t20-/m0/s1. The molecule has 9 heteroatoms. The number of morpholine rings is 1. The Morgan fingerprint density at radius 3 is 2.50 bits per heavy atom. The van der Waals surface area contributed by atoms with Crippen LogP contribution in [0.15, 0.2) is 53.4 Å². The van der Waals surface area contributed by atoms with E-state index in [1.807, 2.05) is 11.8 Å². The molecule has 2 N–H and O–H groups in total. The second-order valence-electron chi connectivity index (χ2n) is 7.11. The zero-order valence-electron chi connectivity index (χ0n) is 16.8. The summed E-state index contributed by atoms with van der Waals surface area (Å²) in [5, 5.41) is 2.76. The van der Waals surface area contributed by atoms with Crippen molar-refractivity contribution in [3.05, 3.63) is 65.5 Å². The minimum absolute atomic E-state index is 0.0426. The summed E-state index contributed by atoms with van der Waals surface area (Å²) in [5.74, 6) is -0.721. The first-order valence-corrected chi connectivity index (χ1v) is 11.3. The molecule has 0 aliphatic carbocycles. The number of hydrogen-bond donors (Lipinski definition) is 2. The van der Waals surface area contributed by atoms with Crippen molar-refractivity contribution in [3.63, 3.8) is 0 Å². The molecule has 2 aromatic rings. The fraction of sp³-hybridized carbons (Fsp3) is 0.381. The van der Waals surface area contributed by atoms with Gasteiger partial charge in [0.15, 0.2) is 0 Å². The Morgan fingerprint density at radius 1 is 1.13 bits per heavy atom. The molecule has 1 heterocycles. The number of benzene rings is 2. The van der Waals surface area contributed by atoms with Gasteiger partial charge in [0.2, 0.25) is 15.9 Å². The molecule has 3 rings (SSSR count). The van der Waals surface area contributed by atoms with Crippen LogP contribution in [0.25, 0.3) is 0 Å². The quantitative estimate of drug-likeness (QED) is 0.615. The fourth-order valence-electron chi connectivity index (χ4n) is 3.31. The third kappa shape index (κ3) is 5.85. The smallest absolute Gasteiger partial charge is 0.242 e. The second-order valence-corrected chi connectivity index (χ2v) is 8.87. The monoisotopic (exact) mass is 435 g/mol. The fourth-order valence-corrected chi connectivity index (χ4v) is 4.34. The molecule has 1 aliphatic heterocycles. The summed E-state index contributed by atoms with van der Waals surface area (Å²) in [4.78, 5) is 15.0. The first kappa shape index (κ1) is 22.4. The third-order valence-electron chi connectivity index (χ3n) is 4.87. The van der Waals surface area contributed by atoms with Crippen LogP contribution >= 0.6 is 0 Å². The van der Waals surface area contributed by atoms with Crippen LogP contribution in [0.4, 0.5) is 4.39 Å². The lowest BCUT2D eigenvalue weighted by molar-refractivity contribution is -0.128. The highest BCUT2D eigenvalue weighted by Gasteiger charge is 2.29. The Bertz CT molecular complexity index is 960. The van der Waals surface area contributed by atoms with Gasteiger partial charge in [0.05, 0.1) is 18.1 Å². The predicted molar refractivity (Wildman–Crippen MR) is 111 cm³/mol. The van der Waals surface area contributed by atoms with Gasteiger partial charge in [-0.3, -0.25) is 9.69 Å². The number of nitrogens with zero attached hydrogens (tertiary/aromatic N) is 1. The van der Waals surface area contributed by atoms with Gasteiger partial charge in [-0.2, -0.15) is 0 Å². The molecule has 1 aliphatic rings. The molecule has 2 aromatic carbocycles. The highest BCUT2D eigenvalue weighted by atomic mass is 32.2. The summed E-state index contributed by atoms with van der Waals surface area (Å²) < 4.78 is 46.2. The normalized spacial score (nSPS) is 16.2. The Labute approximate surface area is 176 Å². The van der Waals surface area contributed by atoms with Gasteiger partial charge >= 0.3 is 0 Å². The number of sulfonamides is 1. The molecular weight excluding hydrogens is 409 g/mol. The van der Waals surface area contributed by atoms with E-state index in [1.165, 1.54) is 24.3 Å². The Kier molecular flexibility index (Phi) is 7.54. The molecule has 1 atom stereocenters. The maximum Gasteiger partial charge on any atom is 0.242 e. The van der Waals surface area contributed by atoms with Crippen LogP contribution in [-0.2, 0) is 19.6 Å². The van der Waals surface area contributed by atoms with Crippen molar-refractivity contribution in [2.45, 2.75) is 17.9 Å². The van der Waals surface area contributed by atoms with Crippen LogP contribution in [0.3, 0.4) is 0 Å². The first-order chi connectivity index (χ1) is 14.4. The van der Waals surface area contributed by atoms with Crippen molar-refractivity contribution in [1.82, 2.24) is 14.9 Å². The molecule has 0 radical (unpaired) electrons. The van der Waals surface area contributed by atoms with Crippen LogP contribution in [0.5, 0.6) is 0 Å². The van der Waals surface area contributed by atoms with Crippen molar-refractivity contribution in [2.75, 3.05) is 39.4 Å². The van der Waals surface area contributed by atoms with Crippen molar-refractivity contribution in [2.24, 2.45) is 0 Å². The van der Waals surface area contributed by atoms with E-state index in [2.05, 4.69) is 10.0 Å². The maximum absolute atomic E-state index is 13.7. The Morgan fingerprint density at radius 2 is 1.83 bits per heavy atom. The zero-order chi connectivity index (χ0) is 21.6. The zero-order valence-corrected chi connectivity index (χ0v) is 17.6. The van der Waals surface area contributed by atoms with Crippen LogP contribution in [0.2, 0.25) is 0 Å². The summed E-state index contributed by atoms with van der Waals surface area (Å²) in [5.41, 5.74) is 1.52. The Hall–Kier alpha value is -2.33. The first-order valence-electron chi connectivity index (χ1n) is 9.78. The minimum Gasteiger partial charge on any atom is -0.379 e. The largest absolute Gasteiger partial charge is 0.379 e. The SMILES string of the molecule is Cc1ccc(S(=O)(=O)NCCNC(=O)[C@H](c2cccc(F)c2)N2CCOCC2)cc1. The summed E-state index contributed by atoms with van der Waals surface area (Å²) in [6, 6.07) is 11.8. The van der Waals surface area contributed by atoms with Gasteiger partial charge in [-0.1, -0.05) is 29.8 Å². The molecule has 1 amide bonds. The lowest BCUT2D eigenvalue weighted by atomic mass is 10.0. The van der Waals surface area contributed by atoms with Crippen LogP contribution in [0.1, 0.15) is 17.2 Å². The number of halogens is 1. The van der Waals surface area contributed by atoms with E-state index in [1.54, 1.807) is 24.3 Å². The Balaban J connectivity index is 1.61. The number of rotatable bonds is 8. The predicted octanol–water partition coefficient (Wildman–Crippen LogP) is 1.60. The maximum atomic E-state index is 13.7. The number of nitrogens with one attached hydrogen (secondary N) is 2. The topological polar surface area (TPSA) is 87.7 Å². The van der Waals surface area contributed by atoms with Gasteiger partial charge in [-0.15, -0.1) is 0 Å². The molecule has 0 unspecified atom stereocenters. The van der Waals surface area contributed by atoms with Crippen LogP contribution < -0.4 is 10.0 Å². The third-order valence-corrected chi connectivity index (χ3v) is 6.35. The van der Waals surface area contributed by atoms with Crippen molar-refractivity contribution in [3.8, 4) is 0 Å². The van der Waals surface area contributed by atoms with E-state index >= 15 is 0 Å². The molecule has 162 valence electrons. The second kappa shape index (κ2) is 10.1. The molecule has 0 spiro atoms. The lowest BCUT2D eigenvalue weighted by Gasteiger charge is -2.33. The van der Waals surface area contributed by atoms with Gasteiger partial charge < -0.3 is 10.1 Å².